The van der Waals surface area contributed by atoms with Crippen LogP contribution in [0.2, 0.25) is 0 Å². The number of nitrogens with one attached hydrogen (secondary N) is 2. The summed E-state index contributed by atoms with van der Waals surface area (Å²) in [5.74, 6) is -7.05. The number of nitrogens with zero attached hydrogens (tertiary/aromatic N) is 1. The monoisotopic (exact) mass is 301 g/mol. The molecule has 2 N–H and O–H groups in total. The molecule has 0 unspecified atom stereocenters. The van der Waals surface area contributed by atoms with E-state index in [-0.39, 0.29) is 5.13 Å². The lowest BCUT2D eigenvalue weighted by atomic mass is 10.2. The van der Waals surface area contributed by atoms with Crippen LogP contribution in [0.15, 0.2) is 23.7 Å². The number of halogens is 3. The third kappa shape index (κ3) is 2.94. The SMILES string of the molecule is O=C(Nc1nccs1)C(=O)Nc1ccc(F)c(F)c1F. The number of carbonyl (C=O) groups excluding carboxylic acids is 2. The van der Waals surface area contributed by atoms with Crippen molar-refractivity contribution in [3.63, 3.8) is 0 Å². The molecule has 0 aliphatic carbocycles. The molecule has 0 fully saturated rings. The van der Waals surface area contributed by atoms with Crippen LogP contribution in [-0.4, -0.2) is 16.8 Å². The lowest BCUT2D eigenvalue weighted by Crippen LogP contribution is -2.29. The van der Waals surface area contributed by atoms with Gasteiger partial charge in [0.25, 0.3) is 0 Å². The van der Waals surface area contributed by atoms with Crippen molar-refractivity contribution >= 4 is 34.0 Å². The van der Waals surface area contributed by atoms with Gasteiger partial charge in [-0.3, -0.25) is 14.9 Å². The summed E-state index contributed by atoms with van der Waals surface area (Å²) in [4.78, 5) is 26.6. The minimum atomic E-state index is -1.73. The lowest BCUT2D eigenvalue weighted by Gasteiger charge is -2.06. The highest BCUT2D eigenvalue weighted by atomic mass is 32.1. The number of hydrogen-bond acceptors (Lipinski definition) is 4. The molecule has 1 aromatic carbocycles. The van der Waals surface area contributed by atoms with Gasteiger partial charge in [0.05, 0.1) is 5.69 Å². The first-order valence-electron chi connectivity index (χ1n) is 5.14. The van der Waals surface area contributed by atoms with Crippen LogP contribution in [0.25, 0.3) is 0 Å². The predicted octanol–water partition coefficient (Wildman–Crippen LogP) is 2.14. The standard InChI is InChI=1S/C11H6F3N3O2S/c12-5-1-2-6(8(14)7(5)13)16-9(18)10(19)17-11-15-3-4-20-11/h1-4H,(H,16,18)(H,15,17,19). The molecule has 2 aromatic rings. The van der Waals surface area contributed by atoms with Crippen LogP contribution >= 0.6 is 11.3 Å². The molecule has 0 radical (unpaired) electrons. The number of hydrogen-bond donors (Lipinski definition) is 2. The Kier molecular flexibility index (Phi) is 3.99. The molecule has 0 saturated heterocycles. The highest BCUT2D eigenvalue weighted by Gasteiger charge is 2.19. The first kappa shape index (κ1) is 14.0. The average Bonchev–Trinajstić information content (AvgIpc) is 2.92. The van der Waals surface area contributed by atoms with Gasteiger partial charge in [0, 0.05) is 11.6 Å². The Hall–Kier alpha value is -2.42. The molecule has 0 saturated carbocycles. The quantitative estimate of drug-likeness (QED) is 0.659. The van der Waals surface area contributed by atoms with E-state index in [0.717, 1.165) is 17.4 Å². The van der Waals surface area contributed by atoms with Crippen LogP contribution in [0.1, 0.15) is 0 Å². The van der Waals surface area contributed by atoms with E-state index in [9.17, 15) is 22.8 Å². The summed E-state index contributed by atoms with van der Waals surface area (Å²) in [5, 5.41) is 5.74. The normalized spacial score (nSPS) is 10.2. The Morgan fingerprint density at radius 3 is 2.40 bits per heavy atom. The fourth-order valence-corrected chi connectivity index (χ4v) is 1.76. The van der Waals surface area contributed by atoms with Crippen molar-refractivity contribution in [3.8, 4) is 0 Å². The Labute approximate surface area is 114 Å². The molecule has 0 atom stereocenters. The van der Waals surface area contributed by atoms with Gasteiger partial charge in [-0.05, 0) is 12.1 Å². The molecule has 0 spiro atoms. The van der Waals surface area contributed by atoms with E-state index in [4.69, 9.17) is 0 Å². The zero-order valence-electron chi connectivity index (χ0n) is 9.62. The molecule has 0 aliphatic heterocycles. The largest absolute Gasteiger partial charge is 0.315 e. The van der Waals surface area contributed by atoms with Gasteiger partial charge in [-0.1, -0.05) is 0 Å². The molecular formula is C11H6F3N3O2S. The highest BCUT2D eigenvalue weighted by molar-refractivity contribution is 7.13. The summed E-state index contributed by atoms with van der Waals surface area (Å²) in [6.07, 6.45) is 1.41. The van der Waals surface area contributed by atoms with Gasteiger partial charge in [-0.2, -0.15) is 0 Å². The van der Waals surface area contributed by atoms with Crippen molar-refractivity contribution in [3.05, 3.63) is 41.2 Å². The van der Waals surface area contributed by atoms with E-state index in [1.807, 2.05) is 5.32 Å². The Morgan fingerprint density at radius 1 is 1.05 bits per heavy atom. The van der Waals surface area contributed by atoms with Crippen LogP contribution in [0.5, 0.6) is 0 Å². The molecule has 104 valence electrons. The van der Waals surface area contributed by atoms with E-state index < -0.39 is 35.0 Å². The molecule has 20 heavy (non-hydrogen) atoms. The number of thiazole rings is 1. The second-order valence-electron chi connectivity index (χ2n) is 3.47. The van der Waals surface area contributed by atoms with Crippen LogP contribution in [0, 0.1) is 17.5 Å². The molecule has 2 rings (SSSR count). The van der Waals surface area contributed by atoms with Gasteiger partial charge in [-0.25, -0.2) is 18.2 Å². The van der Waals surface area contributed by atoms with Crippen molar-refractivity contribution in [2.24, 2.45) is 0 Å². The maximum Gasteiger partial charge on any atom is 0.315 e. The number of rotatable bonds is 2. The fourth-order valence-electron chi connectivity index (χ4n) is 1.24. The van der Waals surface area contributed by atoms with E-state index in [2.05, 4.69) is 10.3 Å². The van der Waals surface area contributed by atoms with E-state index >= 15 is 0 Å². The van der Waals surface area contributed by atoms with Crippen molar-refractivity contribution < 1.29 is 22.8 Å². The second kappa shape index (κ2) is 5.70. The van der Waals surface area contributed by atoms with Gasteiger partial charge in [0.2, 0.25) is 0 Å². The van der Waals surface area contributed by atoms with Crippen molar-refractivity contribution in [1.29, 1.82) is 0 Å². The van der Waals surface area contributed by atoms with Gasteiger partial charge in [0.1, 0.15) is 0 Å². The van der Waals surface area contributed by atoms with Crippen LogP contribution < -0.4 is 10.6 Å². The third-order valence-electron chi connectivity index (χ3n) is 2.14. The van der Waals surface area contributed by atoms with Crippen molar-refractivity contribution in [2.75, 3.05) is 10.6 Å². The molecule has 9 heteroatoms. The summed E-state index contributed by atoms with van der Waals surface area (Å²) in [6, 6.07) is 1.44. The zero-order valence-corrected chi connectivity index (χ0v) is 10.4. The summed E-state index contributed by atoms with van der Waals surface area (Å²) < 4.78 is 38.9. The van der Waals surface area contributed by atoms with Crippen molar-refractivity contribution in [2.45, 2.75) is 0 Å². The van der Waals surface area contributed by atoms with E-state index in [1.54, 1.807) is 5.38 Å². The average molecular weight is 301 g/mol. The van der Waals surface area contributed by atoms with Crippen molar-refractivity contribution in [1.82, 2.24) is 4.98 Å². The van der Waals surface area contributed by atoms with Gasteiger partial charge >= 0.3 is 11.8 Å². The summed E-state index contributed by atoms with van der Waals surface area (Å²) in [6.45, 7) is 0. The van der Waals surface area contributed by atoms with Crippen LogP contribution in [-0.2, 0) is 9.59 Å². The third-order valence-corrected chi connectivity index (χ3v) is 2.83. The molecule has 5 nitrogen and oxygen atoms in total. The Balaban J connectivity index is 2.08. The number of aromatic nitrogens is 1. The minimum Gasteiger partial charge on any atom is -0.315 e. The topological polar surface area (TPSA) is 71.1 Å². The molecular weight excluding hydrogens is 295 g/mol. The smallest absolute Gasteiger partial charge is 0.315 e. The molecule has 0 bridgehead atoms. The van der Waals surface area contributed by atoms with Crippen LogP contribution in [0.4, 0.5) is 24.0 Å². The second-order valence-corrected chi connectivity index (χ2v) is 4.36. The molecule has 1 heterocycles. The predicted molar refractivity (Wildman–Crippen MR) is 65.7 cm³/mol. The summed E-state index contributed by atoms with van der Waals surface area (Å²) >= 11 is 1.08. The number of carbonyl (C=O) groups is 2. The van der Waals surface area contributed by atoms with E-state index in [0.29, 0.717) is 6.07 Å². The molecule has 1 aromatic heterocycles. The Bertz CT molecular complexity index is 661. The Morgan fingerprint density at radius 2 is 1.75 bits per heavy atom. The lowest BCUT2D eigenvalue weighted by molar-refractivity contribution is -0.133. The minimum absolute atomic E-state index is 0.177. The maximum atomic E-state index is 13.3. The highest BCUT2D eigenvalue weighted by Crippen LogP contribution is 2.19. The van der Waals surface area contributed by atoms with Crippen LogP contribution in [0.3, 0.4) is 0 Å². The first-order chi connectivity index (χ1) is 9.49. The number of amides is 2. The molecule has 2 amide bonds. The van der Waals surface area contributed by atoms with E-state index in [1.165, 1.54) is 6.20 Å². The summed E-state index contributed by atoms with van der Waals surface area (Å²) in [7, 11) is 0. The maximum absolute atomic E-state index is 13.3. The van der Waals surface area contributed by atoms with Gasteiger partial charge in [0.15, 0.2) is 22.6 Å². The summed E-state index contributed by atoms with van der Waals surface area (Å²) in [5.41, 5.74) is -0.636. The fraction of sp³-hybridized carbons (Fsp3) is 0. The zero-order chi connectivity index (χ0) is 14.7. The van der Waals surface area contributed by atoms with Gasteiger partial charge in [-0.15, -0.1) is 11.3 Å². The molecule has 0 aliphatic rings. The number of benzene rings is 1. The van der Waals surface area contributed by atoms with Gasteiger partial charge < -0.3 is 5.32 Å². The first-order valence-corrected chi connectivity index (χ1v) is 6.02. The number of anilines is 2.